The van der Waals surface area contributed by atoms with E-state index in [-0.39, 0.29) is 11.7 Å². The van der Waals surface area contributed by atoms with Crippen LogP contribution in [0.2, 0.25) is 5.02 Å². The molecule has 1 aliphatic rings. The molecule has 1 amide bonds. The highest BCUT2D eigenvalue weighted by molar-refractivity contribution is 6.31. The molecule has 1 fully saturated rings. The van der Waals surface area contributed by atoms with Crippen molar-refractivity contribution in [2.75, 3.05) is 36.4 Å². The Morgan fingerprint density at radius 1 is 1.06 bits per heavy atom. The molecule has 5 rings (SSSR count). The van der Waals surface area contributed by atoms with E-state index in [0.717, 1.165) is 49.7 Å². The lowest BCUT2D eigenvalue weighted by molar-refractivity contribution is 0.0997. The van der Waals surface area contributed by atoms with Gasteiger partial charge in [-0.3, -0.25) is 14.7 Å². The first-order valence-electron chi connectivity index (χ1n) is 10.6. The maximum absolute atomic E-state index is 12.9. The van der Waals surface area contributed by atoms with E-state index in [9.17, 15) is 4.79 Å². The molecule has 9 heteroatoms. The van der Waals surface area contributed by atoms with E-state index >= 15 is 0 Å². The van der Waals surface area contributed by atoms with Gasteiger partial charge in [0.1, 0.15) is 12.0 Å². The van der Waals surface area contributed by atoms with Gasteiger partial charge in [0.15, 0.2) is 12.2 Å². The Morgan fingerprint density at radius 2 is 1.88 bits per heavy atom. The van der Waals surface area contributed by atoms with Gasteiger partial charge < -0.3 is 19.1 Å². The number of halogens is 1. The molecule has 1 aliphatic heterocycles. The van der Waals surface area contributed by atoms with Gasteiger partial charge in [-0.2, -0.15) is 0 Å². The molecular weight excluding hydrogens is 442 g/mol. The number of carbonyl (C=O) groups excluding carboxylic acids is 1. The highest BCUT2D eigenvalue weighted by atomic mass is 35.5. The van der Waals surface area contributed by atoms with Crippen molar-refractivity contribution in [3.8, 4) is 11.3 Å². The van der Waals surface area contributed by atoms with Crippen molar-refractivity contribution in [2.45, 2.75) is 6.54 Å². The van der Waals surface area contributed by atoms with Crippen LogP contribution >= 0.6 is 11.6 Å². The number of amides is 1. The van der Waals surface area contributed by atoms with Crippen molar-refractivity contribution in [3.63, 3.8) is 0 Å². The second-order valence-corrected chi connectivity index (χ2v) is 8.19. The fourth-order valence-corrected chi connectivity index (χ4v) is 4.06. The first-order valence-corrected chi connectivity index (χ1v) is 11.0. The highest BCUT2D eigenvalue weighted by Crippen LogP contribution is 2.31. The molecule has 0 bridgehead atoms. The van der Waals surface area contributed by atoms with Crippen molar-refractivity contribution in [2.24, 2.45) is 0 Å². The molecule has 1 saturated heterocycles. The molecule has 1 N–H and O–H groups in total. The Hall–Kier alpha value is -3.62. The van der Waals surface area contributed by atoms with Gasteiger partial charge in [-0.15, -0.1) is 0 Å². The molecule has 3 aromatic heterocycles. The molecule has 1 aromatic carbocycles. The lowest BCUT2D eigenvalue weighted by atomic mass is 10.2. The standard InChI is InChI=1S/C24H22ClN5O3/c25-18-1-2-21(30-11-9-29(10-12-30)14-19-15-32-16-27-19)20(13-18)28-24(31)23-4-3-22(33-23)17-5-7-26-8-6-17/h1-8,13,15-16H,9-12,14H2,(H,28,31). The van der Waals surface area contributed by atoms with Gasteiger partial charge in [-0.05, 0) is 42.5 Å². The van der Waals surface area contributed by atoms with Crippen LogP contribution in [-0.4, -0.2) is 47.0 Å². The van der Waals surface area contributed by atoms with E-state index in [1.807, 2.05) is 24.3 Å². The van der Waals surface area contributed by atoms with E-state index in [1.165, 1.54) is 6.39 Å². The Morgan fingerprint density at radius 3 is 2.64 bits per heavy atom. The maximum Gasteiger partial charge on any atom is 0.291 e. The van der Waals surface area contributed by atoms with Crippen molar-refractivity contribution >= 4 is 28.9 Å². The summed E-state index contributed by atoms with van der Waals surface area (Å²) in [5.74, 6) is 0.505. The van der Waals surface area contributed by atoms with E-state index in [0.29, 0.717) is 16.5 Å². The van der Waals surface area contributed by atoms with Crippen LogP contribution in [0.15, 0.2) is 76.3 Å². The predicted molar refractivity (Wildman–Crippen MR) is 125 cm³/mol. The number of pyridine rings is 1. The first kappa shape index (κ1) is 21.2. The van der Waals surface area contributed by atoms with Crippen LogP contribution in [0, 0.1) is 0 Å². The molecule has 0 spiro atoms. The second kappa shape index (κ2) is 9.48. The average Bonchev–Trinajstić information content (AvgIpc) is 3.53. The third-order valence-corrected chi connectivity index (χ3v) is 5.82. The predicted octanol–water partition coefficient (Wildman–Crippen LogP) is 4.56. The lowest BCUT2D eigenvalue weighted by Gasteiger charge is -2.36. The smallest absolute Gasteiger partial charge is 0.291 e. The SMILES string of the molecule is O=C(Nc1cc(Cl)ccc1N1CCN(Cc2cocn2)CC1)c1ccc(-c2ccncc2)o1. The number of oxazole rings is 1. The number of piperazine rings is 1. The molecule has 0 radical (unpaired) electrons. The monoisotopic (exact) mass is 463 g/mol. The van der Waals surface area contributed by atoms with Crippen LogP contribution in [0.5, 0.6) is 0 Å². The molecule has 0 saturated carbocycles. The summed E-state index contributed by atoms with van der Waals surface area (Å²) in [6, 6.07) is 12.6. The van der Waals surface area contributed by atoms with Crippen LogP contribution in [0.1, 0.15) is 16.2 Å². The Balaban J connectivity index is 1.28. The zero-order valence-electron chi connectivity index (χ0n) is 17.8. The topological polar surface area (TPSA) is 87.6 Å². The summed E-state index contributed by atoms with van der Waals surface area (Å²) in [7, 11) is 0. The van der Waals surface area contributed by atoms with Crippen molar-refractivity contribution in [3.05, 3.63) is 84.0 Å². The second-order valence-electron chi connectivity index (χ2n) is 7.76. The van der Waals surface area contributed by atoms with Gasteiger partial charge in [0.25, 0.3) is 5.91 Å². The van der Waals surface area contributed by atoms with Crippen LogP contribution in [0.25, 0.3) is 11.3 Å². The summed E-state index contributed by atoms with van der Waals surface area (Å²) in [4.78, 5) is 25.7. The van der Waals surface area contributed by atoms with E-state index in [2.05, 4.69) is 25.1 Å². The van der Waals surface area contributed by atoms with Gasteiger partial charge in [-0.1, -0.05) is 11.6 Å². The number of hydrogen-bond acceptors (Lipinski definition) is 7. The number of benzene rings is 1. The molecular formula is C24H22ClN5O3. The van der Waals surface area contributed by atoms with E-state index < -0.39 is 0 Å². The summed E-state index contributed by atoms with van der Waals surface area (Å²) in [5, 5.41) is 3.52. The number of rotatable bonds is 6. The van der Waals surface area contributed by atoms with Gasteiger partial charge in [0.05, 0.1) is 17.1 Å². The minimum Gasteiger partial charge on any atom is -0.451 e. The summed E-state index contributed by atoms with van der Waals surface area (Å²) in [6.45, 7) is 4.13. The van der Waals surface area contributed by atoms with Crippen LogP contribution in [-0.2, 0) is 6.54 Å². The Labute approximate surface area is 195 Å². The molecule has 8 nitrogen and oxygen atoms in total. The summed E-state index contributed by atoms with van der Waals surface area (Å²) < 4.78 is 10.8. The first-order chi connectivity index (χ1) is 16.2. The molecule has 0 atom stereocenters. The van der Waals surface area contributed by atoms with Crippen molar-refractivity contribution < 1.29 is 13.6 Å². The number of hydrogen-bond donors (Lipinski definition) is 1. The summed E-state index contributed by atoms with van der Waals surface area (Å²) in [5.41, 5.74) is 3.36. The third kappa shape index (κ3) is 4.92. The number of nitrogens with one attached hydrogen (secondary N) is 1. The number of anilines is 2. The van der Waals surface area contributed by atoms with Gasteiger partial charge in [0, 0.05) is 55.7 Å². The summed E-state index contributed by atoms with van der Waals surface area (Å²) in [6.07, 6.45) is 6.49. The van der Waals surface area contributed by atoms with Crippen LogP contribution in [0.4, 0.5) is 11.4 Å². The van der Waals surface area contributed by atoms with Gasteiger partial charge in [-0.25, -0.2) is 4.98 Å². The minimum atomic E-state index is -0.330. The zero-order valence-corrected chi connectivity index (χ0v) is 18.5. The lowest BCUT2D eigenvalue weighted by Crippen LogP contribution is -2.46. The molecule has 33 heavy (non-hydrogen) atoms. The molecule has 168 valence electrons. The van der Waals surface area contributed by atoms with Gasteiger partial charge >= 0.3 is 0 Å². The average molecular weight is 464 g/mol. The molecule has 4 aromatic rings. The van der Waals surface area contributed by atoms with E-state index in [4.69, 9.17) is 20.4 Å². The third-order valence-electron chi connectivity index (χ3n) is 5.58. The number of aromatic nitrogens is 2. The highest BCUT2D eigenvalue weighted by Gasteiger charge is 2.22. The largest absolute Gasteiger partial charge is 0.451 e. The van der Waals surface area contributed by atoms with Crippen molar-refractivity contribution in [1.29, 1.82) is 0 Å². The molecule has 0 unspecified atom stereocenters. The summed E-state index contributed by atoms with van der Waals surface area (Å²) >= 11 is 6.25. The van der Waals surface area contributed by atoms with Crippen LogP contribution < -0.4 is 10.2 Å². The van der Waals surface area contributed by atoms with E-state index in [1.54, 1.807) is 36.9 Å². The maximum atomic E-state index is 12.9. The van der Waals surface area contributed by atoms with Crippen LogP contribution in [0.3, 0.4) is 0 Å². The number of carbonyl (C=O) groups is 1. The quantitative estimate of drug-likeness (QED) is 0.448. The minimum absolute atomic E-state index is 0.227. The Kier molecular flexibility index (Phi) is 6.10. The molecule has 0 aliphatic carbocycles. The fraction of sp³-hybridized carbons (Fsp3) is 0.208. The molecule has 4 heterocycles. The number of furan rings is 1. The zero-order chi connectivity index (χ0) is 22.6. The normalized spacial score (nSPS) is 14.4. The number of nitrogens with zero attached hydrogens (tertiary/aromatic N) is 4. The van der Waals surface area contributed by atoms with Gasteiger partial charge in [0.2, 0.25) is 0 Å². The fourth-order valence-electron chi connectivity index (χ4n) is 3.89. The Bertz CT molecular complexity index is 1220. The van der Waals surface area contributed by atoms with Crippen molar-refractivity contribution in [1.82, 2.24) is 14.9 Å².